The Morgan fingerprint density at radius 1 is 1.48 bits per heavy atom. The highest BCUT2D eigenvalue weighted by molar-refractivity contribution is 7.80. The number of nitrogens with zero attached hydrogens (tertiary/aromatic N) is 3. The van der Waals surface area contributed by atoms with Gasteiger partial charge in [-0.1, -0.05) is 13.0 Å². The van der Waals surface area contributed by atoms with Crippen LogP contribution in [0.3, 0.4) is 0 Å². The average Bonchev–Trinajstić information content (AvgIpc) is 2.45. The predicted molar refractivity (Wildman–Crippen MR) is 91.8 cm³/mol. The van der Waals surface area contributed by atoms with Crippen molar-refractivity contribution in [3.05, 3.63) is 24.4 Å². The Labute approximate surface area is 131 Å². The van der Waals surface area contributed by atoms with Crippen molar-refractivity contribution in [3.8, 4) is 0 Å². The number of aromatic nitrogens is 2. The molecule has 114 valence electrons. The van der Waals surface area contributed by atoms with E-state index in [4.69, 9.17) is 12.2 Å². The quantitative estimate of drug-likeness (QED) is 0.658. The molecule has 0 saturated carbocycles. The van der Waals surface area contributed by atoms with Gasteiger partial charge in [0.05, 0.1) is 0 Å². The Kier molecular flexibility index (Phi) is 5.50. The van der Waals surface area contributed by atoms with Crippen molar-refractivity contribution < 1.29 is 0 Å². The molecule has 0 amide bonds. The second-order valence-corrected chi connectivity index (χ2v) is 5.89. The molecule has 0 aliphatic carbocycles. The van der Waals surface area contributed by atoms with Crippen molar-refractivity contribution in [1.29, 1.82) is 0 Å². The molecule has 0 aromatic carbocycles. The van der Waals surface area contributed by atoms with Gasteiger partial charge in [-0.25, -0.2) is 4.98 Å². The third-order valence-corrected chi connectivity index (χ3v) is 3.83. The van der Waals surface area contributed by atoms with E-state index < -0.39 is 0 Å². The summed E-state index contributed by atoms with van der Waals surface area (Å²) in [4.78, 5) is 11.3. The largest absolute Gasteiger partial charge is 0.359 e. The maximum atomic E-state index is 5.20. The van der Waals surface area contributed by atoms with E-state index in [0.29, 0.717) is 17.6 Å². The van der Waals surface area contributed by atoms with Crippen molar-refractivity contribution in [1.82, 2.24) is 15.3 Å². The molecule has 0 radical (unpaired) electrons. The van der Waals surface area contributed by atoms with E-state index in [2.05, 4.69) is 39.0 Å². The zero-order valence-electron chi connectivity index (χ0n) is 12.7. The summed E-state index contributed by atoms with van der Waals surface area (Å²) in [6.07, 6.45) is 4.18. The first-order valence-electron chi connectivity index (χ1n) is 7.35. The fourth-order valence-corrected chi connectivity index (χ4v) is 2.49. The summed E-state index contributed by atoms with van der Waals surface area (Å²) in [5, 5.41) is 6.56. The highest BCUT2D eigenvalue weighted by Crippen LogP contribution is 2.22. The summed E-state index contributed by atoms with van der Waals surface area (Å²) < 4.78 is 0. The van der Waals surface area contributed by atoms with Gasteiger partial charge < -0.3 is 15.5 Å². The summed E-state index contributed by atoms with van der Waals surface area (Å²) >= 11 is 5.20. The number of hydrogen-bond donors (Lipinski definition) is 2. The Morgan fingerprint density at radius 2 is 2.19 bits per heavy atom. The standard InChI is InChI=1S/C15H23N5S/c1-4-7-16-15(21)19-14-17-12(3)10-13(18-14)20-8-5-11(2)6-9-20/h4,10-11H,1,5-9H2,2-3H3,(H2,16,17,18,19,21). The molecule has 5 nitrogen and oxygen atoms in total. The Hall–Kier alpha value is -1.69. The second kappa shape index (κ2) is 7.36. The zero-order chi connectivity index (χ0) is 15.2. The lowest BCUT2D eigenvalue weighted by atomic mass is 9.99. The predicted octanol–water partition coefficient (Wildman–Crippen LogP) is 2.49. The summed E-state index contributed by atoms with van der Waals surface area (Å²) in [7, 11) is 0. The minimum atomic E-state index is 0.513. The number of piperidine rings is 1. The van der Waals surface area contributed by atoms with Crippen molar-refractivity contribution in [2.24, 2.45) is 5.92 Å². The van der Waals surface area contributed by atoms with Gasteiger partial charge in [-0.05, 0) is 37.9 Å². The third-order valence-electron chi connectivity index (χ3n) is 3.58. The number of aryl methyl sites for hydroxylation is 1. The maximum Gasteiger partial charge on any atom is 0.231 e. The molecule has 0 spiro atoms. The van der Waals surface area contributed by atoms with Crippen LogP contribution in [0.1, 0.15) is 25.5 Å². The lowest BCUT2D eigenvalue weighted by molar-refractivity contribution is 0.436. The number of thiocarbonyl (C=S) groups is 1. The average molecular weight is 305 g/mol. The van der Waals surface area contributed by atoms with E-state index in [1.165, 1.54) is 12.8 Å². The fourth-order valence-electron chi connectivity index (χ4n) is 2.32. The molecular weight excluding hydrogens is 282 g/mol. The molecule has 21 heavy (non-hydrogen) atoms. The normalized spacial score (nSPS) is 15.6. The lowest BCUT2D eigenvalue weighted by Crippen LogP contribution is -2.34. The SMILES string of the molecule is C=CCNC(=S)Nc1nc(C)cc(N2CCC(C)CC2)n1. The van der Waals surface area contributed by atoms with Gasteiger partial charge in [-0.2, -0.15) is 4.98 Å². The van der Waals surface area contributed by atoms with Crippen molar-refractivity contribution >= 4 is 29.1 Å². The number of anilines is 2. The number of nitrogens with one attached hydrogen (secondary N) is 2. The van der Waals surface area contributed by atoms with Crippen molar-refractivity contribution in [3.63, 3.8) is 0 Å². The molecule has 0 atom stereocenters. The zero-order valence-corrected chi connectivity index (χ0v) is 13.5. The first-order valence-corrected chi connectivity index (χ1v) is 7.75. The van der Waals surface area contributed by atoms with Gasteiger partial charge in [0.1, 0.15) is 5.82 Å². The van der Waals surface area contributed by atoms with Gasteiger partial charge in [0, 0.05) is 31.4 Å². The molecule has 2 rings (SSSR count). The van der Waals surface area contributed by atoms with Gasteiger partial charge >= 0.3 is 0 Å². The molecular formula is C15H23N5S. The monoisotopic (exact) mass is 305 g/mol. The maximum absolute atomic E-state index is 5.20. The fraction of sp³-hybridized carbons (Fsp3) is 0.533. The van der Waals surface area contributed by atoms with Gasteiger partial charge in [-0.3, -0.25) is 0 Å². The summed E-state index contributed by atoms with van der Waals surface area (Å²) in [5.41, 5.74) is 0.938. The molecule has 0 unspecified atom stereocenters. The third kappa shape index (κ3) is 4.67. The van der Waals surface area contributed by atoms with Crippen LogP contribution in [0.25, 0.3) is 0 Å². The van der Waals surface area contributed by atoms with Crippen LogP contribution in [-0.4, -0.2) is 34.7 Å². The Morgan fingerprint density at radius 3 is 2.86 bits per heavy atom. The van der Waals surface area contributed by atoms with Crippen LogP contribution in [0.2, 0.25) is 0 Å². The molecule has 1 aliphatic heterocycles. The number of rotatable bonds is 4. The van der Waals surface area contributed by atoms with Crippen LogP contribution in [0.5, 0.6) is 0 Å². The highest BCUT2D eigenvalue weighted by Gasteiger charge is 2.18. The van der Waals surface area contributed by atoms with E-state index >= 15 is 0 Å². The van der Waals surface area contributed by atoms with Crippen LogP contribution in [0.15, 0.2) is 18.7 Å². The lowest BCUT2D eigenvalue weighted by Gasteiger charge is -2.31. The van der Waals surface area contributed by atoms with Gasteiger partial charge in [0.15, 0.2) is 5.11 Å². The van der Waals surface area contributed by atoms with E-state index in [-0.39, 0.29) is 0 Å². The molecule has 1 aromatic rings. The smallest absolute Gasteiger partial charge is 0.231 e. The summed E-state index contributed by atoms with van der Waals surface area (Å²) in [6, 6.07) is 2.03. The van der Waals surface area contributed by atoms with Crippen LogP contribution >= 0.6 is 12.2 Å². The second-order valence-electron chi connectivity index (χ2n) is 5.48. The van der Waals surface area contributed by atoms with Crippen molar-refractivity contribution in [2.75, 3.05) is 29.9 Å². The first-order chi connectivity index (χ1) is 10.1. The molecule has 0 bridgehead atoms. The first kappa shape index (κ1) is 15.7. The van der Waals surface area contributed by atoms with E-state index in [1.54, 1.807) is 6.08 Å². The van der Waals surface area contributed by atoms with Crippen LogP contribution < -0.4 is 15.5 Å². The van der Waals surface area contributed by atoms with E-state index in [9.17, 15) is 0 Å². The molecule has 1 saturated heterocycles. The van der Waals surface area contributed by atoms with Crippen LogP contribution in [0.4, 0.5) is 11.8 Å². The topological polar surface area (TPSA) is 53.1 Å². The summed E-state index contributed by atoms with van der Waals surface area (Å²) in [5.74, 6) is 2.33. The summed E-state index contributed by atoms with van der Waals surface area (Å²) in [6.45, 7) is 10.7. The van der Waals surface area contributed by atoms with Gasteiger partial charge in [0.25, 0.3) is 0 Å². The Balaban J connectivity index is 2.06. The van der Waals surface area contributed by atoms with E-state index in [1.807, 2.05) is 13.0 Å². The van der Waals surface area contributed by atoms with E-state index in [0.717, 1.165) is 30.5 Å². The molecule has 1 fully saturated rings. The van der Waals surface area contributed by atoms with Crippen LogP contribution in [-0.2, 0) is 0 Å². The molecule has 1 aromatic heterocycles. The minimum absolute atomic E-state index is 0.513. The minimum Gasteiger partial charge on any atom is -0.359 e. The van der Waals surface area contributed by atoms with Crippen molar-refractivity contribution in [2.45, 2.75) is 26.7 Å². The van der Waals surface area contributed by atoms with Crippen LogP contribution in [0, 0.1) is 12.8 Å². The molecule has 2 heterocycles. The molecule has 2 N–H and O–H groups in total. The van der Waals surface area contributed by atoms with Gasteiger partial charge in [0.2, 0.25) is 5.95 Å². The number of hydrogen-bond acceptors (Lipinski definition) is 4. The molecule has 1 aliphatic rings. The molecule has 6 heteroatoms. The van der Waals surface area contributed by atoms with Gasteiger partial charge in [-0.15, -0.1) is 6.58 Å². The highest BCUT2D eigenvalue weighted by atomic mass is 32.1. The Bertz CT molecular complexity index is 509.